The van der Waals surface area contributed by atoms with Crippen LogP contribution in [0.25, 0.3) is 11.1 Å². The molecule has 0 unspecified atom stereocenters. The molecule has 72 valence electrons. The van der Waals surface area contributed by atoms with Crippen LogP contribution in [-0.4, -0.2) is 10.8 Å². The molecule has 0 radical (unpaired) electrons. The third kappa shape index (κ3) is 1.57. The molecule has 3 nitrogen and oxygen atoms in total. The second kappa shape index (κ2) is 3.53. The van der Waals surface area contributed by atoms with Crippen molar-refractivity contribution in [3.05, 3.63) is 29.7 Å². The molecule has 0 N–H and O–H groups in total. The smallest absolute Gasteiger partial charge is 0.206 e. The summed E-state index contributed by atoms with van der Waals surface area (Å²) in [5.41, 5.74) is 2.09. The molecule has 0 aliphatic carbocycles. The molecule has 1 aromatic heterocycles. The Morgan fingerprint density at radius 3 is 3.00 bits per heavy atom. The van der Waals surface area contributed by atoms with Crippen molar-refractivity contribution in [2.45, 2.75) is 12.3 Å². The van der Waals surface area contributed by atoms with Gasteiger partial charge in [0.15, 0.2) is 11.4 Å². The van der Waals surface area contributed by atoms with Crippen LogP contribution in [0.3, 0.4) is 0 Å². The van der Waals surface area contributed by atoms with Crippen molar-refractivity contribution in [1.82, 2.24) is 4.98 Å². The molecule has 14 heavy (non-hydrogen) atoms. The highest BCUT2D eigenvalue weighted by atomic mass is 79.9. The molecule has 0 aliphatic rings. The maximum Gasteiger partial charge on any atom is 0.206 e. The lowest BCUT2D eigenvalue weighted by molar-refractivity contribution is 0.101. The lowest BCUT2D eigenvalue weighted by Gasteiger charge is -1.92. The van der Waals surface area contributed by atoms with E-state index in [9.17, 15) is 4.79 Å². The Morgan fingerprint density at radius 2 is 2.36 bits per heavy atom. The number of nitrogens with zero attached hydrogens (tertiary/aromatic N) is 1. The van der Waals surface area contributed by atoms with E-state index in [0.717, 1.165) is 5.52 Å². The minimum atomic E-state index is 0.0312. The summed E-state index contributed by atoms with van der Waals surface area (Å²) in [4.78, 5) is 15.3. The summed E-state index contributed by atoms with van der Waals surface area (Å²) in [6.07, 6.45) is 0. The number of halogens is 1. The monoisotopic (exact) mass is 253 g/mol. The maximum absolute atomic E-state index is 11.1. The number of benzene rings is 1. The van der Waals surface area contributed by atoms with Gasteiger partial charge in [-0.25, -0.2) is 4.98 Å². The third-order valence-corrected chi connectivity index (χ3v) is 2.43. The van der Waals surface area contributed by atoms with Gasteiger partial charge in [0.2, 0.25) is 5.89 Å². The van der Waals surface area contributed by atoms with E-state index in [2.05, 4.69) is 20.9 Å². The molecule has 2 rings (SSSR count). The first-order valence-electron chi connectivity index (χ1n) is 4.17. The van der Waals surface area contributed by atoms with Gasteiger partial charge in [-0.3, -0.25) is 4.79 Å². The predicted octanol–water partition coefficient (Wildman–Crippen LogP) is 2.93. The SMILES string of the molecule is CC(=O)c1ccc2nc(CBr)oc2c1. The zero-order valence-corrected chi connectivity index (χ0v) is 9.17. The van der Waals surface area contributed by atoms with Crippen molar-refractivity contribution in [2.75, 3.05) is 0 Å². The number of rotatable bonds is 2. The molecule has 1 heterocycles. The molecule has 0 bridgehead atoms. The number of hydrogen-bond donors (Lipinski definition) is 0. The Labute approximate surface area is 89.3 Å². The van der Waals surface area contributed by atoms with Gasteiger partial charge < -0.3 is 4.42 Å². The summed E-state index contributed by atoms with van der Waals surface area (Å²) in [7, 11) is 0. The van der Waals surface area contributed by atoms with Crippen LogP contribution < -0.4 is 0 Å². The number of hydrogen-bond acceptors (Lipinski definition) is 3. The standard InChI is InChI=1S/C10H8BrNO2/c1-6(13)7-2-3-8-9(4-7)14-10(5-11)12-8/h2-4H,5H2,1H3. The first-order chi connectivity index (χ1) is 6.70. The highest BCUT2D eigenvalue weighted by molar-refractivity contribution is 9.08. The molecule has 0 atom stereocenters. The average molecular weight is 254 g/mol. The lowest BCUT2D eigenvalue weighted by Crippen LogP contribution is -1.89. The van der Waals surface area contributed by atoms with Crippen molar-refractivity contribution < 1.29 is 9.21 Å². The normalized spacial score (nSPS) is 10.7. The highest BCUT2D eigenvalue weighted by Gasteiger charge is 2.06. The second-order valence-electron chi connectivity index (χ2n) is 2.98. The van der Waals surface area contributed by atoms with Gasteiger partial charge in [0.05, 0.1) is 5.33 Å². The van der Waals surface area contributed by atoms with Crippen molar-refractivity contribution in [1.29, 1.82) is 0 Å². The van der Waals surface area contributed by atoms with Crippen LogP contribution in [0, 0.1) is 0 Å². The molecule has 0 spiro atoms. The molecule has 0 saturated heterocycles. The molecular formula is C10H8BrNO2. The largest absolute Gasteiger partial charge is 0.440 e. The van der Waals surface area contributed by atoms with Crippen LogP contribution in [-0.2, 0) is 5.33 Å². The van der Waals surface area contributed by atoms with Gasteiger partial charge in [0.25, 0.3) is 0 Å². The number of alkyl halides is 1. The van der Waals surface area contributed by atoms with Crippen LogP contribution in [0.1, 0.15) is 23.2 Å². The Balaban J connectivity index is 2.59. The number of oxazole rings is 1. The van der Waals surface area contributed by atoms with Gasteiger partial charge >= 0.3 is 0 Å². The summed E-state index contributed by atoms with van der Waals surface area (Å²) in [6.45, 7) is 1.53. The van der Waals surface area contributed by atoms with Gasteiger partial charge in [-0.2, -0.15) is 0 Å². The lowest BCUT2D eigenvalue weighted by atomic mass is 10.1. The van der Waals surface area contributed by atoms with Gasteiger partial charge in [0, 0.05) is 5.56 Å². The first-order valence-corrected chi connectivity index (χ1v) is 5.29. The summed E-state index contributed by atoms with van der Waals surface area (Å²) in [5.74, 6) is 0.657. The summed E-state index contributed by atoms with van der Waals surface area (Å²) in [5, 5.41) is 0.580. The topological polar surface area (TPSA) is 43.1 Å². The number of ketones is 1. The molecule has 2 aromatic rings. The zero-order valence-electron chi connectivity index (χ0n) is 7.58. The Morgan fingerprint density at radius 1 is 1.57 bits per heavy atom. The van der Waals surface area contributed by atoms with E-state index in [4.69, 9.17) is 4.42 Å². The van der Waals surface area contributed by atoms with E-state index in [-0.39, 0.29) is 5.78 Å². The third-order valence-electron chi connectivity index (χ3n) is 1.95. The van der Waals surface area contributed by atoms with Crippen LogP contribution >= 0.6 is 15.9 Å². The number of carbonyl (C=O) groups excluding carboxylic acids is 1. The van der Waals surface area contributed by atoms with Gasteiger partial charge in [-0.1, -0.05) is 15.9 Å². The minimum absolute atomic E-state index is 0.0312. The van der Waals surface area contributed by atoms with E-state index in [1.807, 2.05) is 0 Å². The van der Waals surface area contributed by atoms with Crippen molar-refractivity contribution >= 4 is 32.8 Å². The number of aromatic nitrogens is 1. The first kappa shape index (κ1) is 9.40. The molecule has 1 aromatic carbocycles. The maximum atomic E-state index is 11.1. The van der Waals surface area contributed by atoms with Crippen molar-refractivity contribution in [3.8, 4) is 0 Å². The summed E-state index contributed by atoms with van der Waals surface area (Å²) < 4.78 is 5.40. The summed E-state index contributed by atoms with van der Waals surface area (Å²) in [6, 6.07) is 5.27. The molecule has 4 heteroatoms. The fraction of sp³-hybridized carbons (Fsp3) is 0.200. The zero-order chi connectivity index (χ0) is 10.1. The van der Waals surface area contributed by atoms with Gasteiger partial charge in [-0.05, 0) is 25.1 Å². The molecule has 0 fully saturated rings. The summed E-state index contributed by atoms with van der Waals surface area (Å²) >= 11 is 3.26. The van der Waals surface area contributed by atoms with Crippen LogP contribution in [0.2, 0.25) is 0 Å². The Bertz CT molecular complexity index is 490. The second-order valence-corrected chi connectivity index (χ2v) is 3.54. The number of fused-ring (bicyclic) bond motifs is 1. The van der Waals surface area contributed by atoms with Crippen LogP contribution in [0.5, 0.6) is 0 Å². The van der Waals surface area contributed by atoms with Crippen LogP contribution in [0.4, 0.5) is 0 Å². The molecule has 0 amide bonds. The quantitative estimate of drug-likeness (QED) is 0.611. The van der Waals surface area contributed by atoms with E-state index in [1.54, 1.807) is 18.2 Å². The van der Waals surface area contributed by atoms with E-state index >= 15 is 0 Å². The average Bonchev–Trinajstić information content (AvgIpc) is 2.58. The van der Waals surface area contributed by atoms with Crippen molar-refractivity contribution in [3.63, 3.8) is 0 Å². The van der Waals surface area contributed by atoms with Gasteiger partial charge in [-0.15, -0.1) is 0 Å². The molecular weight excluding hydrogens is 246 g/mol. The molecule has 0 aliphatic heterocycles. The fourth-order valence-corrected chi connectivity index (χ4v) is 1.49. The van der Waals surface area contributed by atoms with E-state index in [1.165, 1.54) is 6.92 Å². The van der Waals surface area contributed by atoms with Crippen LogP contribution in [0.15, 0.2) is 22.6 Å². The molecule has 0 saturated carbocycles. The fourth-order valence-electron chi connectivity index (χ4n) is 1.25. The number of Topliss-reactive ketones (excluding diaryl/α,β-unsaturated/α-hetero) is 1. The van der Waals surface area contributed by atoms with Gasteiger partial charge in [0.1, 0.15) is 5.52 Å². The Kier molecular flexibility index (Phi) is 2.37. The van der Waals surface area contributed by atoms with E-state index < -0.39 is 0 Å². The predicted molar refractivity (Wildman–Crippen MR) is 56.6 cm³/mol. The van der Waals surface area contributed by atoms with E-state index in [0.29, 0.717) is 22.4 Å². The highest BCUT2D eigenvalue weighted by Crippen LogP contribution is 2.18. The minimum Gasteiger partial charge on any atom is -0.440 e. The number of carbonyl (C=O) groups is 1. The Hall–Kier alpha value is -1.16. The van der Waals surface area contributed by atoms with Crippen molar-refractivity contribution in [2.24, 2.45) is 0 Å².